The van der Waals surface area contributed by atoms with Gasteiger partial charge in [0, 0.05) is 6.54 Å². The van der Waals surface area contributed by atoms with Crippen molar-refractivity contribution in [2.45, 2.75) is 71.3 Å². The molecule has 0 saturated heterocycles. The average Bonchev–Trinajstić information content (AvgIpc) is 2.36. The summed E-state index contributed by atoms with van der Waals surface area (Å²) < 4.78 is 0. The van der Waals surface area contributed by atoms with Crippen molar-refractivity contribution in [2.24, 2.45) is 0 Å². The van der Waals surface area contributed by atoms with Crippen molar-refractivity contribution in [3.8, 4) is 0 Å². The van der Waals surface area contributed by atoms with Crippen molar-refractivity contribution in [1.29, 1.82) is 0 Å². The summed E-state index contributed by atoms with van der Waals surface area (Å²) >= 11 is 0. The Bertz CT molecular complexity index is 443. The van der Waals surface area contributed by atoms with Crippen LogP contribution < -0.4 is 5.32 Å². The molecule has 0 atom stereocenters. The summed E-state index contributed by atoms with van der Waals surface area (Å²) in [5.41, 5.74) is 5.21. The van der Waals surface area contributed by atoms with Crippen LogP contribution in [0.2, 0.25) is 0 Å². The molecule has 1 aromatic carbocycles. The number of hydrogen-bond acceptors (Lipinski definition) is 1. The molecule has 106 valence electrons. The molecule has 0 fully saturated rings. The quantitative estimate of drug-likeness (QED) is 0.783. The van der Waals surface area contributed by atoms with Gasteiger partial charge in [0.25, 0.3) is 0 Å². The normalized spacial score (nSPS) is 20.1. The second-order valence-corrected chi connectivity index (χ2v) is 7.32. The summed E-state index contributed by atoms with van der Waals surface area (Å²) in [7, 11) is 0. The number of nitrogens with one attached hydrogen (secondary N) is 1. The fourth-order valence-electron chi connectivity index (χ4n) is 3.16. The minimum atomic E-state index is 0.325. The third kappa shape index (κ3) is 3.02. The molecule has 1 aliphatic carbocycles. The second kappa shape index (κ2) is 5.28. The lowest BCUT2D eigenvalue weighted by Gasteiger charge is -2.42. The van der Waals surface area contributed by atoms with Crippen LogP contribution in [-0.4, -0.2) is 6.54 Å². The maximum atomic E-state index is 3.51. The molecular weight excluding hydrogens is 230 g/mol. The van der Waals surface area contributed by atoms with E-state index in [-0.39, 0.29) is 0 Å². The third-order valence-electron chi connectivity index (χ3n) is 4.67. The van der Waals surface area contributed by atoms with Crippen LogP contribution in [0.25, 0.3) is 0 Å². The zero-order chi connectivity index (χ0) is 14.1. The molecule has 0 unspecified atom stereocenters. The number of rotatable bonds is 4. The molecule has 1 aliphatic rings. The first-order chi connectivity index (χ1) is 8.87. The highest BCUT2D eigenvalue weighted by molar-refractivity contribution is 5.43. The third-order valence-corrected chi connectivity index (χ3v) is 4.67. The summed E-state index contributed by atoms with van der Waals surface area (Å²) in [5, 5.41) is 3.51. The molecule has 1 aromatic rings. The van der Waals surface area contributed by atoms with E-state index in [4.69, 9.17) is 0 Å². The second-order valence-electron chi connectivity index (χ2n) is 7.32. The van der Waals surface area contributed by atoms with E-state index in [1.54, 1.807) is 11.1 Å². The molecule has 0 spiro atoms. The van der Waals surface area contributed by atoms with E-state index in [9.17, 15) is 0 Å². The van der Waals surface area contributed by atoms with E-state index in [1.807, 2.05) is 0 Å². The summed E-state index contributed by atoms with van der Waals surface area (Å²) in [6, 6.07) is 7.13. The van der Waals surface area contributed by atoms with Crippen molar-refractivity contribution in [3.05, 3.63) is 34.9 Å². The monoisotopic (exact) mass is 259 g/mol. The first kappa shape index (κ1) is 14.6. The van der Waals surface area contributed by atoms with E-state index >= 15 is 0 Å². The maximum absolute atomic E-state index is 3.51. The molecular formula is C18H29N. The van der Waals surface area contributed by atoms with E-state index in [0.717, 1.165) is 13.1 Å². The molecule has 19 heavy (non-hydrogen) atoms. The first-order valence-electron chi connectivity index (χ1n) is 7.71. The van der Waals surface area contributed by atoms with Gasteiger partial charge >= 0.3 is 0 Å². The molecule has 2 rings (SSSR count). The fourth-order valence-corrected chi connectivity index (χ4v) is 3.16. The predicted molar refractivity (Wildman–Crippen MR) is 83.7 cm³/mol. The van der Waals surface area contributed by atoms with Crippen LogP contribution in [0.4, 0.5) is 0 Å². The van der Waals surface area contributed by atoms with Gasteiger partial charge in [-0.3, -0.25) is 0 Å². The fraction of sp³-hybridized carbons (Fsp3) is 0.667. The van der Waals surface area contributed by atoms with E-state index in [0.29, 0.717) is 10.8 Å². The van der Waals surface area contributed by atoms with Gasteiger partial charge in [0.05, 0.1) is 0 Å². The van der Waals surface area contributed by atoms with Gasteiger partial charge in [-0.15, -0.1) is 0 Å². The van der Waals surface area contributed by atoms with E-state index in [1.165, 1.54) is 24.8 Å². The summed E-state index contributed by atoms with van der Waals surface area (Å²) in [4.78, 5) is 0. The van der Waals surface area contributed by atoms with Crippen LogP contribution >= 0.6 is 0 Å². The Labute approximate surface area is 118 Å². The SMILES string of the molecule is CCCNCc1ccc2c(c1)C(C)(C)CCC2(C)C. The van der Waals surface area contributed by atoms with Crippen molar-refractivity contribution >= 4 is 0 Å². The highest BCUT2D eigenvalue weighted by Crippen LogP contribution is 2.45. The number of fused-ring (bicyclic) bond motifs is 1. The van der Waals surface area contributed by atoms with Crippen LogP contribution in [0.3, 0.4) is 0 Å². The van der Waals surface area contributed by atoms with Crippen molar-refractivity contribution in [1.82, 2.24) is 5.32 Å². The molecule has 1 nitrogen and oxygen atoms in total. The Morgan fingerprint density at radius 3 is 2.26 bits per heavy atom. The molecule has 0 aliphatic heterocycles. The summed E-state index contributed by atoms with van der Waals surface area (Å²) in [6.07, 6.45) is 3.78. The minimum absolute atomic E-state index is 0.325. The Kier molecular flexibility index (Phi) is 4.06. The number of benzene rings is 1. The lowest BCUT2D eigenvalue weighted by atomic mass is 9.63. The van der Waals surface area contributed by atoms with Crippen molar-refractivity contribution in [3.63, 3.8) is 0 Å². The van der Waals surface area contributed by atoms with Gasteiger partial charge in [-0.25, -0.2) is 0 Å². The lowest BCUT2D eigenvalue weighted by Crippen LogP contribution is -2.34. The van der Waals surface area contributed by atoms with Crippen LogP contribution in [0.5, 0.6) is 0 Å². The molecule has 0 aromatic heterocycles. The van der Waals surface area contributed by atoms with Gasteiger partial charge in [-0.1, -0.05) is 52.8 Å². The van der Waals surface area contributed by atoms with E-state index < -0.39 is 0 Å². The molecule has 0 bridgehead atoms. The molecule has 0 heterocycles. The summed E-state index contributed by atoms with van der Waals surface area (Å²) in [6.45, 7) is 13.9. The predicted octanol–water partition coefficient (Wildman–Crippen LogP) is 4.54. The highest BCUT2D eigenvalue weighted by Gasteiger charge is 2.36. The smallest absolute Gasteiger partial charge is 0.0205 e. The van der Waals surface area contributed by atoms with Gasteiger partial charge in [-0.2, -0.15) is 0 Å². The van der Waals surface area contributed by atoms with Gasteiger partial charge in [-0.05, 0) is 53.3 Å². The lowest BCUT2D eigenvalue weighted by molar-refractivity contribution is 0.331. The largest absolute Gasteiger partial charge is 0.313 e. The zero-order valence-electron chi connectivity index (χ0n) is 13.3. The van der Waals surface area contributed by atoms with Crippen LogP contribution in [0.15, 0.2) is 18.2 Å². The Morgan fingerprint density at radius 1 is 1.00 bits per heavy atom. The van der Waals surface area contributed by atoms with Gasteiger partial charge in [0.2, 0.25) is 0 Å². The Balaban J connectivity index is 2.31. The molecule has 1 heteroatoms. The molecule has 0 saturated carbocycles. The zero-order valence-corrected chi connectivity index (χ0v) is 13.3. The van der Waals surface area contributed by atoms with E-state index in [2.05, 4.69) is 58.1 Å². The van der Waals surface area contributed by atoms with Crippen molar-refractivity contribution < 1.29 is 0 Å². The molecule has 0 amide bonds. The maximum Gasteiger partial charge on any atom is 0.0205 e. The van der Waals surface area contributed by atoms with Crippen LogP contribution in [-0.2, 0) is 17.4 Å². The Hall–Kier alpha value is -0.820. The van der Waals surface area contributed by atoms with Crippen molar-refractivity contribution in [2.75, 3.05) is 6.54 Å². The standard InChI is InChI=1S/C18H29N/c1-6-11-19-13-14-7-8-15-16(12-14)18(4,5)10-9-17(15,2)3/h7-8,12,19H,6,9-11,13H2,1-5H3. The van der Waals surface area contributed by atoms with Gasteiger partial charge < -0.3 is 5.32 Å². The Morgan fingerprint density at radius 2 is 1.63 bits per heavy atom. The van der Waals surface area contributed by atoms with Gasteiger partial charge in [0.15, 0.2) is 0 Å². The first-order valence-corrected chi connectivity index (χ1v) is 7.71. The molecule has 1 N–H and O–H groups in total. The topological polar surface area (TPSA) is 12.0 Å². The minimum Gasteiger partial charge on any atom is -0.313 e. The van der Waals surface area contributed by atoms with Crippen LogP contribution in [0.1, 0.15) is 70.6 Å². The number of hydrogen-bond donors (Lipinski definition) is 1. The average molecular weight is 259 g/mol. The van der Waals surface area contributed by atoms with Gasteiger partial charge in [0.1, 0.15) is 0 Å². The highest BCUT2D eigenvalue weighted by atomic mass is 14.8. The molecule has 0 radical (unpaired) electrons. The van der Waals surface area contributed by atoms with Crippen LogP contribution in [0, 0.1) is 0 Å². The summed E-state index contributed by atoms with van der Waals surface area (Å²) in [5.74, 6) is 0.